The fourth-order valence-electron chi connectivity index (χ4n) is 1.49. The minimum absolute atomic E-state index is 0.0734. The van der Waals surface area contributed by atoms with Crippen LogP contribution in [0.4, 0.5) is 17.1 Å². The van der Waals surface area contributed by atoms with Gasteiger partial charge in [-0.25, -0.2) is 0 Å². The molecule has 0 aliphatic heterocycles. The molecule has 1 aromatic rings. The summed E-state index contributed by atoms with van der Waals surface area (Å²) in [5.41, 5.74) is 6.31. The van der Waals surface area contributed by atoms with Crippen LogP contribution >= 0.6 is 11.6 Å². The summed E-state index contributed by atoms with van der Waals surface area (Å²) in [6.45, 7) is 1.90. The van der Waals surface area contributed by atoms with Crippen molar-refractivity contribution in [2.75, 3.05) is 44.0 Å². The lowest BCUT2D eigenvalue weighted by Gasteiger charge is -2.12. The van der Waals surface area contributed by atoms with Gasteiger partial charge in [0.25, 0.3) is 5.69 Å². The van der Waals surface area contributed by atoms with Crippen LogP contribution in [0.3, 0.4) is 0 Å². The number of anilines is 2. The Kier molecular flexibility index (Phi) is 6.34. The zero-order valence-corrected chi connectivity index (χ0v) is 11.4. The van der Waals surface area contributed by atoms with E-state index in [0.717, 1.165) is 0 Å². The molecular formula is C11H17ClN4O3. The zero-order valence-electron chi connectivity index (χ0n) is 10.6. The van der Waals surface area contributed by atoms with Crippen LogP contribution in [0.1, 0.15) is 0 Å². The fraction of sp³-hybridized carbons (Fsp3) is 0.455. The molecule has 0 atom stereocenters. The van der Waals surface area contributed by atoms with E-state index >= 15 is 0 Å². The number of ether oxygens (including phenoxy) is 1. The molecule has 19 heavy (non-hydrogen) atoms. The zero-order chi connectivity index (χ0) is 14.3. The molecule has 0 radical (unpaired) electrons. The van der Waals surface area contributed by atoms with E-state index in [1.54, 1.807) is 13.2 Å². The van der Waals surface area contributed by atoms with Crippen molar-refractivity contribution in [3.63, 3.8) is 0 Å². The van der Waals surface area contributed by atoms with Crippen molar-refractivity contribution in [3.05, 3.63) is 27.3 Å². The van der Waals surface area contributed by atoms with Gasteiger partial charge in [-0.05, 0) is 6.07 Å². The summed E-state index contributed by atoms with van der Waals surface area (Å²) in [7, 11) is 1.59. The van der Waals surface area contributed by atoms with Gasteiger partial charge in [0.2, 0.25) is 0 Å². The van der Waals surface area contributed by atoms with Crippen molar-refractivity contribution in [1.29, 1.82) is 0 Å². The van der Waals surface area contributed by atoms with Gasteiger partial charge in [-0.2, -0.15) is 0 Å². The highest BCUT2D eigenvalue weighted by Gasteiger charge is 2.17. The fourth-order valence-corrected chi connectivity index (χ4v) is 1.71. The van der Waals surface area contributed by atoms with Gasteiger partial charge in [-0.3, -0.25) is 10.1 Å². The molecule has 1 rings (SSSR count). The van der Waals surface area contributed by atoms with Crippen molar-refractivity contribution >= 4 is 28.7 Å². The first-order chi connectivity index (χ1) is 9.10. The first-order valence-electron chi connectivity index (χ1n) is 5.74. The lowest BCUT2D eigenvalue weighted by Crippen LogP contribution is -2.14. The predicted octanol–water partition coefficient (Wildman–Crippen LogP) is 1.68. The molecule has 0 bridgehead atoms. The van der Waals surface area contributed by atoms with Crippen LogP contribution < -0.4 is 16.4 Å². The Hall–Kier alpha value is -1.57. The lowest BCUT2D eigenvalue weighted by atomic mass is 10.2. The quantitative estimate of drug-likeness (QED) is 0.382. The summed E-state index contributed by atoms with van der Waals surface area (Å²) in [5, 5.41) is 17.2. The van der Waals surface area contributed by atoms with E-state index in [4.69, 9.17) is 22.1 Å². The smallest absolute Gasteiger partial charge is 0.293 e. The van der Waals surface area contributed by atoms with Gasteiger partial charge in [-0.15, -0.1) is 0 Å². The topological polar surface area (TPSA) is 102 Å². The van der Waals surface area contributed by atoms with Crippen molar-refractivity contribution in [3.8, 4) is 0 Å². The van der Waals surface area contributed by atoms with Crippen molar-refractivity contribution in [1.82, 2.24) is 0 Å². The molecule has 0 unspecified atom stereocenters. The van der Waals surface area contributed by atoms with Crippen LogP contribution in [0.15, 0.2) is 12.1 Å². The highest BCUT2D eigenvalue weighted by atomic mass is 35.5. The van der Waals surface area contributed by atoms with Crippen molar-refractivity contribution in [2.24, 2.45) is 5.73 Å². The first kappa shape index (κ1) is 15.5. The maximum absolute atomic E-state index is 10.9. The van der Waals surface area contributed by atoms with Crippen LogP contribution in [0.2, 0.25) is 5.02 Å². The lowest BCUT2D eigenvalue weighted by molar-refractivity contribution is -0.383. The Labute approximate surface area is 116 Å². The van der Waals surface area contributed by atoms with Crippen LogP contribution in [-0.4, -0.2) is 38.3 Å². The molecule has 0 aromatic heterocycles. The summed E-state index contributed by atoms with van der Waals surface area (Å²) in [4.78, 5) is 10.5. The van der Waals surface area contributed by atoms with Gasteiger partial charge in [0.15, 0.2) is 0 Å². The molecule has 0 aliphatic carbocycles. The third-order valence-corrected chi connectivity index (χ3v) is 2.68. The van der Waals surface area contributed by atoms with Gasteiger partial charge >= 0.3 is 0 Å². The Balaban J connectivity index is 2.96. The van der Waals surface area contributed by atoms with Crippen LogP contribution in [0.5, 0.6) is 0 Å². The third kappa shape index (κ3) is 4.55. The number of benzene rings is 1. The molecule has 0 fully saturated rings. The van der Waals surface area contributed by atoms with Gasteiger partial charge in [0.1, 0.15) is 5.69 Å². The number of methoxy groups -OCH3 is 1. The Bertz CT molecular complexity index is 442. The molecule has 8 heteroatoms. The SMILES string of the molecule is COCCNc1cc(NCCN)c([N+](=O)[O-])cc1Cl. The molecule has 4 N–H and O–H groups in total. The number of halogens is 1. The molecule has 106 valence electrons. The minimum atomic E-state index is -0.482. The number of nitrogens with two attached hydrogens (primary N) is 1. The number of nitro groups is 1. The van der Waals surface area contributed by atoms with Crippen molar-refractivity contribution in [2.45, 2.75) is 0 Å². The molecular weight excluding hydrogens is 272 g/mol. The number of nitro benzene ring substituents is 1. The number of hydrogen-bond acceptors (Lipinski definition) is 6. The molecule has 7 nitrogen and oxygen atoms in total. The maximum Gasteiger partial charge on any atom is 0.293 e. The van der Waals surface area contributed by atoms with E-state index in [0.29, 0.717) is 42.6 Å². The third-order valence-electron chi connectivity index (χ3n) is 2.36. The van der Waals surface area contributed by atoms with E-state index in [2.05, 4.69) is 10.6 Å². The minimum Gasteiger partial charge on any atom is -0.383 e. The Morgan fingerprint density at radius 3 is 2.63 bits per heavy atom. The van der Waals surface area contributed by atoms with Gasteiger partial charge in [-0.1, -0.05) is 11.6 Å². The second-order valence-corrected chi connectivity index (χ2v) is 4.15. The van der Waals surface area contributed by atoms with Crippen LogP contribution in [-0.2, 0) is 4.74 Å². The average molecular weight is 289 g/mol. The maximum atomic E-state index is 10.9. The second kappa shape index (κ2) is 7.78. The summed E-state index contributed by atoms with van der Waals surface area (Å²) in [6, 6.07) is 2.92. The summed E-state index contributed by atoms with van der Waals surface area (Å²) < 4.78 is 4.91. The molecule has 0 heterocycles. The largest absolute Gasteiger partial charge is 0.383 e. The van der Waals surface area contributed by atoms with Crippen molar-refractivity contribution < 1.29 is 9.66 Å². The summed E-state index contributed by atoms with van der Waals surface area (Å²) in [5.74, 6) is 0. The van der Waals surface area contributed by atoms with Gasteiger partial charge in [0.05, 0.1) is 22.2 Å². The Morgan fingerprint density at radius 2 is 2.05 bits per heavy atom. The Morgan fingerprint density at radius 1 is 1.37 bits per heavy atom. The highest BCUT2D eigenvalue weighted by Crippen LogP contribution is 2.34. The number of nitrogens with zero attached hydrogens (tertiary/aromatic N) is 1. The molecule has 0 saturated heterocycles. The molecule has 0 aliphatic rings. The normalized spacial score (nSPS) is 10.3. The van der Waals surface area contributed by atoms with E-state index in [1.165, 1.54) is 6.07 Å². The molecule has 0 saturated carbocycles. The standard InChI is InChI=1S/C11H17ClN4O3/c1-19-5-4-15-9-7-10(14-3-2-13)11(16(17)18)6-8(9)12/h6-7,14-15H,2-5,13H2,1H3. The summed E-state index contributed by atoms with van der Waals surface area (Å²) >= 11 is 6.00. The van der Waals surface area contributed by atoms with Crippen LogP contribution in [0, 0.1) is 10.1 Å². The monoisotopic (exact) mass is 288 g/mol. The number of rotatable bonds is 8. The first-order valence-corrected chi connectivity index (χ1v) is 6.12. The number of nitrogens with one attached hydrogen (secondary N) is 2. The van der Waals surface area contributed by atoms with Gasteiger partial charge < -0.3 is 21.1 Å². The molecule has 0 amide bonds. The van der Waals surface area contributed by atoms with E-state index < -0.39 is 4.92 Å². The van der Waals surface area contributed by atoms with E-state index in [-0.39, 0.29) is 5.69 Å². The van der Waals surface area contributed by atoms with Gasteiger partial charge in [0, 0.05) is 32.8 Å². The number of hydrogen-bond donors (Lipinski definition) is 3. The van der Waals surface area contributed by atoms with E-state index in [9.17, 15) is 10.1 Å². The predicted molar refractivity (Wildman–Crippen MR) is 76.0 cm³/mol. The van der Waals surface area contributed by atoms with E-state index in [1.807, 2.05) is 0 Å². The molecule has 1 aromatic carbocycles. The highest BCUT2D eigenvalue weighted by molar-refractivity contribution is 6.33. The average Bonchev–Trinajstić information content (AvgIpc) is 2.38. The second-order valence-electron chi connectivity index (χ2n) is 3.74. The molecule has 0 spiro atoms. The van der Waals surface area contributed by atoms with Crippen LogP contribution in [0.25, 0.3) is 0 Å². The summed E-state index contributed by atoms with van der Waals surface area (Å²) in [6.07, 6.45) is 0.